The van der Waals surface area contributed by atoms with Gasteiger partial charge >= 0.3 is 0 Å². The molecule has 10 aromatic rings. The van der Waals surface area contributed by atoms with Crippen LogP contribution in [0.25, 0.3) is 98.1 Å². The lowest BCUT2D eigenvalue weighted by atomic mass is 9.86. The highest BCUT2D eigenvalue weighted by molar-refractivity contribution is 6.39. The second-order valence-electron chi connectivity index (χ2n) is 12.0. The Bertz CT molecular complexity index is 2800. The van der Waals surface area contributed by atoms with Crippen molar-refractivity contribution >= 4 is 75.8 Å². The molecule has 1 heteroatoms. The van der Waals surface area contributed by atoms with Gasteiger partial charge in [-0.05, 0) is 82.7 Å². The smallest absolute Gasteiger partial charge is 0.143 e. The Morgan fingerprint density at radius 2 is 0.756 bits per heavy atom. The van der Waals surface area contributed by atoms with Crippen LogP contribution in [0.4, 0.5) is 0 Å². The van der Waals surface area contributed by atoms with E-state index in [1.165, 1.54) is 65.0 Å². The van der Waals surface area contributed by atoms with Gasteiger partial charge in [0.2, 0.25) is 0 Å². The molecule has 0 aliphatic heterocycles. The van der Waals surface area contributed by atoms with E-state index in [2.05, 4.69) is 146 Å². The molecule has 0 N–H and O–H groups in total. The summed E-state index contributed by atoms with van der Waals surface area (Å²) in [5.74, 6) is 0. The number of benzene rings is 9. The standard InChI is InChI=1S/C44H26O/c1-4-14-35-31(10-1)32-11-2-5-15-36(32)43-38-25-24-29(26-40(38)33-12-3-6-16-37(33)42(35)43)27-20-22-28(23-21-27)30-17-9-18-39-34-13-7-8-19-41(34)45-44(30)39/h1-26H. The van der Waals surface area contributed by atoms with Crippen LogP contribution in [0.15, 0.2) is 162 Å². The van der Waals surface area contributed by atoms with Crippen molar-refractivity contribution in [1.82, 2.24) is 0 Å². The molecule has 208 valence electrons. The minimum absolute atomic E-state index is 0.924. The summed E-state index contributed by atoms with van der Waals surface area (Å²) in [5.41, 5.74) is 6.54. The van der Waals surface area contributed by atoms with Crippen molar-refractivity contribution < 1.29 is 4.42 Å². The average Bonchev–Trinajstić information content (AvgIpc) is 3.50. The number of furan rings is 1. The van der Waals surface area contributed by atoms with Gasteiger partial charge in [0.15, 0.2) is 0 Å². The lowest BCUT2D eigenvalue weighted by molar-refractivity contribution is 0.670. The maximum absolute atomic E-state index is 6.33. The van der Waals surface area contributed by atoms with Gasteiger partial charge in [0.1, 0.15) is 11.2 Å². The van der Waals surface area contributed by atoms with Crippen molar-refractivity contribution in [2.24, 2.45) is 0 Å². The molecule has 0 saturated carbocycles. The highest BCUT2D eigenvalue weighted by Gasteiger charge is 2.16. The van der Waals surface area contributed by atoms with Gasteiger partial charge in [-0.3, -0.25) is 0 Å². The molecule has 0 atom stereocenters. The second kappa shape index (κ2) is 9.29. The van der Waals surface area contributed by atoms with Crippen molar-refractivity contribution in [3.8, 4) is 22.3 Å². The minimum Gasteiger partial charge on any atom is -0.455 e. The fourth-order valence-electron chi connectivity index (χ4n) is 7.62. The van der Waals surface area contributed by atoms with Gasteiger partial charge < -0.3 is 4.42 Å². The van der Waals surface area contributed by atoms with E-state index in [4.69, 9.17) is 4.42 Å². The Labute approximate surface area is 259 Å². The van der Waals surface area contributed by atoms with Crippen molar-refractivity contribution in [3.05, 3.63) is 158 Å². The van der Waals surface area contributed by atoms with Crippen molar-refractivity contribution in [3.63, 3.8) is 0 Å². The van der Waals surface area contributed by atoms with Crippen molar-refractivity contribution in [2.45, 2.75) is 0 Å². The minimum atomic E-state index is 0.924. The molecule has 0 aliphatic carbocycles. The Hall–Kier alpha value is -5.92. The number of rotatable bonds is 2. The second-order valence-corrected chi connectivity index (χ2v) is 12.0. The maximum Gasteiger partial charge on any atom is 0.143 e. The van der Waals surface area contributed by atoms with Crippen LogP contribution in [0, 0.1) is 0 Å². The van der Waals surface area contributed by atoms with Crippen LogP contribution in [0.2, 0.25) is 0 Å². The van der Waals surface area contributed by atoms with E-state index in [1.807, 2.05) is 12.1 Å². The monoisotopic (exact) mass is 570 g/mol. The van der Waals surface area contributed by atoms with E-state index in [9.17, 15) is 0 Å². The third kappa shape index (κ3) is 3.50. The first-order valence-corrected chi connectivity index (χ1v) is 15.5. The van der Waals surface area contributed by atoms with Crippen LogP contribution in [0.1, 0.15) is 0 Å². The van der Waals surface area contributed by atoms with Gasteiger partial charge in [-0.25, -0.2) is 0 Å². The van der Waals surface area contributed by atoms with Crippen molar-refractivity contribution in [2.75, 3.05) is 0 Å². The molecule has 1 aromatic heterocycles. The Kier molecular flexibility index (Phi) is 5.06. The van der Waals surface area contributed by atoms with Gasteiger partial charge in [0, 0.05) is 16.3 Å². The zero-order valence-electron chi connectivity index (χ0n) is 24.4. The van der Waals surface area contributed by atoms with Gasteiger partial charge in [-0.15, -0.1) is 0 Å². The van der Waals surface area contributed by atoms with E-state index < -0.39 is 0 Å². The van der Waals surface area contributed by atoms with Gasteiger partial charge in [0.05, 0.1) is 0 Å². The van der Waals surface area contributed by atoms with Crippen LogP contribution in [0.3, 0.4) is 0 Å². The summed E-state index contributed by atoms with van der Waals surface area (Å²) in [7, 11) is 0. The summed E-state index contributed by atoms with van der Waals surface area (Å²) in [6, 6.07) is 57.3. The Morgan fingerprint density at radius 3 is 1.40 bits per heavy atom. The number of hydrogen-bond acceptors (Lipinski definition) is 1. The molecular formula is C44H26O. The average molecular weight is 571 g/mol. The topological polar surface area (TPSA) is 13.1 Å². The highest BCUT2D eigenvalue weighted by atomic mass is 16.3. The molecule has 1 nitrogen and oxygen atoms in total. The fraction of sp³-hybridized carbons (Fsp3) is 0. The number of fused-ring (bicyclic) bond motifs is 14. The van der Waals surface area contributed by atoms with E-state index >= 15 is 0 Å². The summed E-state index contributed by atoms with van der Waals surface area (Å²) in [4.78, 5) is 0. The summed E-state index contributed by atoms with van der Waals surface area (Å²) in [6.07, 6.45) is 0. The van der Waals surface area contributed by atoms with Crippen molar-refractivity contribution in [1.29, 1.82) is 0 Å². The molecule has 1 heterocycles. The molecule has 0 spiro atoms. The number of hydrogen-bond donors (Lipinski definition) is 0. The molecule has 0 bridgehead atoms. The Morgan fingerprint density at radius 1 is 0.289 bits per heavy atom. The third-order valence-electron chi connectivity index (χ3n) is 9.64. The zero-order valence-corrected chi connectivity index (χ0v) is 24.4. The van der Waals surface area contributed by atoms with E-state index in [0.717, 1.165) is 33.1 Å². The van der Waals surface area contributed by atoms with Gasteiger partial charge in [0.25, 0.3) is 0 Å². The third-order valence-corrected chi connectivity index (χ3v) is 9.64. The lowest BCUT2D eigenvalue weighted by Gasteiger charge is -2.17. The quantitative estimate of drug-likeness (QED) is 0.188. The molecule has 0 unspecified atom stereocenters. The van der Waals surface area contributed by atoms with E-state index in [0.29, 0.717) is 0 Å². The Balaban J connectivity index is 1.19. The molecule has 0 radical (unpaired) electrons. The molecule has 45 heavy (non-hydrogen) atoms. The number of para-hydroxylation sites is 2. The summed E-state index contributed by atoms with van der Waals surface area (Å²) < 4.78 is 6.33. The largest absolute Gasteiger partial charge is 0.455 e. The first-order valence-electron chi connectivity index (χ1n) is 15.5. The molecule has 0 fully saturated rings. The van der Waals surface area contributed by atoms with Crippen LogP contribution in [-0.2, 0) is 0 Å². The van der Waals surface area contributed by atoms with Gasteiger partial charge in [-0.1, -0.05) is 146 Å². The predicted molar refractivity (Wildman–Crippen MR) is 192 cm³/mol. The summed E-state index contributed by atoms with van der Waals surface area (Å²) in [6.45, 7) is 0. The first-order chi connectivity index (χ1) is 22.3. The maximum atomic E-state index is 6.33. The highest BCUT2D eigenvalue weighted by Crippen LogP contribution is 2.44. The van der Waals surface area contributed by atoms with Crippen LogP contribution >= 0.6 is 0 Å². The summed E-state index contributed by atoms with van der Waals surface area (Å²) >= 11 is 0. The predicted octanol–water partition coefficient (Wildman–Crippen LogP) is 12.7. The fourth-order valence-corrected chi connectivity index (χ4v) is 7.62. The van der Waals surface area contributed by atoms with Crippen LogP contribution in [0.5, 0.6) is 0 Å². The molecule has 0 amide bonds. The van der Waals surface area contributed by atoms with E-state index in [1.54, 1.807) is 0 Å². The van der Waals surface area contributed by atoms with Gasteiger partial charge in [-0.2, -0.15) is 0 Å². The first kappa shape index (κ1) is 24.5. The molecule has 0 saturated heterocycles. The van der Waals surface area contributed by atoms with Crippen LogP contribution < -0.4 is 0 Å². The lowest BCUT2D eigenvalue weighted by Crippen LogP contribution is -1.89. The molecular weight excluding hydrogens is 544 g/mol. The normalized spacial score (nSPS) is 12.0. The molecule has 9 aromatic carbocycles. The SMILES string of the molecule is c1ccc2c(c1)oc1c(-c3ccc(-c4ccc5c(c4)c4ccccc4c4c6ccccc6c6ccccc6c54)cc3)cccc12. The van der Waals surface area contributed by atoms with E-state index in [-0.39, 0.29) is 0 Å². The molecule has 0 aliphatic rings. The van der Waals surface area contributed by atoms with Crippen LogP contribution in [-0.4, -0.2) is 0 Å². The summed E-state index contributed by atoms with van der Waals surface area (Å²) in [5, 5.41) is 15.4. The zero-order chi connectivity index (χ0) is 29.5. The molecule has 10 rings (SSSR count).